The number of nitrogens with one attached hydrogen (secondary N) is 1. The highest BCUT2D eigenvalue weighted by Gasteiger charge is 2.36. The number of nitrogens with zero attached hydrogens (tertiary/aromatic N) is 3. The molecule has 0 spiro atoms. The Morgan fingerprint density at radius 3 is 2.42 bits per heavy atom. The standard InChI is InChI=1S/C22H23FN4O3S/c1-22(2,3)24-20(28)19(14-8-10-17(30-4)11-9-14)27(16-7-5-6-15(23)12-16)21(29)18-13-31-26-25-18/h5-13,19H,1-4H3,(H,24,28)/t19-/m1/s1. The Labute approximate surface area is 184 Å². The zero-order valence-corrected chi connectivity index (χ0v) is 18.4. The fourth-order valence-corrected chi connectivity index (χ4v) is 3.46. The van der Waals surface area contributed by atoms with Crippen LogP contribution in [0.5, 0.6) is 5.75 Å². The summed E-state index contributed by atoms with van der Waals surface area (Å²) in [6.07, 6.45) is 0. The van der Waals surface area contributed by atoms with E-state index in [1.807, 2.05) is 20.8 Å². The number of amides is 2. The number of aromatic nitrogens is 2. The molecule has 1 aromatic heterocycles. The van der Waals surface area contributed by atoms with Crippen LogP contribution in [0.15, 0.2) is 53.9 Å². The number of carbonyl (C=O) groups excluding carboxylic acids is 2. The van der Waals surface area contributed by atoms with E-state index >= 15 is 0 Å². The van der Waals surface area contributed by atoms with Crippen molar-refractivity contribution in [3.8, 4) is 5.75 Å². The van der Waals surface area contributed by atoms with Crippen molar-refractivity contribution in [2.75, 3.05) is 12.0 Å². The van der Waals surface area contributed by atoms with Crippen molar-refractivity contribution in [3.63, 3.8) is 0 Å². The van der Waals surface area contributed by atoms with Crippen LogP contribution in [-0.4, -0.2) is 34.1 Å². The van der Waals surface area contributed by atoms with Crippen molar-refractivity contribution in [2.45, 2.75) is 32.4 Å². The number of benzene rings is 2. The molecular formula is C22H23FN4O3S. The number of carbonyl (C=O) groups is 2. The Morgan fingerprint density at radius 1 is 1.16 bits per heavy atom. The first kappa shape index (κ1) is 22.4. The van der Waals surface area contributed by atoms with Gasteiger partial charge in [-0.1, -0.05) is 22.7 Å². The van der Waals surface area contributed by atoms with Crippen molar-refractivity contribution in [1.29, 1.82) is 0 Å². The second-order valence-electron chi connectivity index (χ2n) is 7.86. The molecule has 0 fully saturated rings. The molecule has 0 radical (unpaired) electrons. The number of methoxy groups -OCH3 is 1. The number of hydrogen-bond donors (Lipinski definition) is 1. The zero-order valence-electron chi connectivity index (χ0n) is 17.6. The van der Waals surface area contributed by atoms with Crippen LogP contribution >= 0.6 is 11.5 Å². The summed E-state index contributed by atoms with van der Waals surface area (Å²) in [6.45, 7) is 5.53. The van der Waals surface area contributed by atoms with Crippen LogP contribution < -0.4 is 15.0 Å². The predicted octanol–water partition coefficient (Wildman–Crippen LogP) is 3.99. The lowest BCUT2D eigenvalue weighted by molar-refractivity contribution is -0.123. The van der Waals surface area contributed by atoms with Gasteiger partial charge in [-0.3, -0.25) is 14.5 Å². The van der Waals surface area contributed by atoms with Gasteiger partial charge in [-0.2, -0.15) is 0 Å². The molecule has 3 aromatic rings. The van der Waals surface area contributed by atoms with E-state index in [1.165, 1.54) is 35.6 Å². The van der Waals surface area contributed by atoms with E-state index in [-0.39, 0.29) is 11.4 Å². The summed E-state index contributed by atoms with van der Waals surface area (Å²) in [6, 6.07) is 11.2. The second kappa shape index (κ2) is 9.22. The van der Waals surface area contributed by atoms with Crippen LogP contribution in [0, 0.1) is 5.82 Å². The maximum absolute atomic E-state index is 14.1. The summed E-state index contributed by atoms with van der Waals surface area (Å²) < 4.78 is 23.0. The smallest absolute Gasteiger partial charge is 0.280 e. The van der Waals surface area contributed by atoms with Crippen LogP contribution in [0.2, 0.25) is 0 Å². The van der Waals surface area contributed by atoms with Crippen LogP contribution in [-0.2, 0) is 4.79 Å². The fraction of sp³-hybridized carbons (Fsp3) is 0.273. The molecule has 0 unspecified atom stereocenters. The fourth-order valence-electron chi connectivity index (χ4n) is 3.03. The van der Waals surface area contributed by atoms with E-state index in [9.17, 15) is 14.0 Å². The lowest BCUT2D eigenvalue weighted by Crippen LogP contribution is -2.49. The van der Waals surface area contributed by atoms with Gasteiger partial charge >= 0.3 is 0 Å². The minimum Gasteiger partial charge on any atom is -0.497 e. The third kappa shape index (κ3) is 5.43. The molecule has 1 atom stereocenters. The summed E-state index contributed by atoms with van der Waals surface area (Å²) in [7, 11) is 1.54. The molecule has 7 nitrogen and oxygen atoms in total. The zero-order chi connectivity index (χ0) is 22.6. The van der Waals surface area contributed by atoms with E-state index < -0.39 is 29.2 Å². The minimum absolute atomic E-state index is 0.0660. The Hall–Kier alpha value is -3.33. The molecule has 0 aliphatic heterocycles. The van der Waals surface area contributed by atoms with Gasteiger partial charge in [0.15, 0.2) is 5.69 Å². The molecule has 2 aromatic carbocycles. The first-order chi connectivity index (χ1) is 14.7. The number of rotatable bonds is 6. The molecule has 2 amide bonds. The Balaban J connectivity index is 2.17. The molecule has 1 N–H and O–H groups in total. The summed E-state index contributed by atoms with van der Waals surface area (Å²) in [5, 5.41) is 8.26. The summed E-state index contributed by atoms with van der Waals surface area (Å²) in [4.78, 5) is 28.1. The highest BCUT2D eigenvalue weighted by Crippen LogP contribution is 2.31. The van der Waals surface area contributed by atoms with Crippen molar-refractivity contribution in [3.05, 3.63) is 71.0 Å². The van der Waals surface area contributed by atoms with Gasteiger partial charge < -0.3 is 10.1 Å². The predicted molar refractivity (Wildman–Crippen MR) is 117 cm³/mol. The van der Waals surface area contributed by atoms with E-state index in [0.29, 0.717) is 11.3 Å². The molecule has 0 saturated carbocycles. The Kier molecular flexibility index (Phi) is 6.65. The van der Waals surface area contributed by atoms with E-state index in [0.717, 1.165) is 11.5 Å². The monoisotopic (exact) mass is 442 g/mol. The van der Waals surface area contributed by atoms with Crippen molar-refractivity contribution in [2.24, 2.45) is 0 Å². The molecule has 9 heteroatoms. The minimum atomic E-state index is -1.08. The van der Waals surface area contributed by atoms with Gasteiger partial charge in [0.25, 0.3) is 5.91 Å². The normalized spacial score (nSPS) is 12.2. The number of hydrogen-bond acceptors (Lipinski definition) is 6. The van der Waals surface area contributed by atoms with E-state index in [4.69, 9.17) is 4.74 Å². The molecule has 0 aliphatic carbocycles. The Bertz CT molecular complexity index is 1050. The van der Waals surface area contributed by atoms with Crippen LogP contribution in [0.4, 0.5) is 10.1 Å². The van der Waals surface area contributed by atoms with Crippen molar-refractivity contribution < 1.29 is 18.7 Å². The summed E-state index contributed by atoms with van der Waals surface area (Å²) in [5.74, 6) is -0.912. The van der Waals surface area contributed by atoms with Gasteiger partial charge in [-0.05, 0) is 68.2 Å². The molecule has 3 rings (SSSR count). The van der Waals surface area contributed by atoms with Gasteiger partial charge in [0, 0.05) is 16.6 Å². The molecule has 0 bridgehead atoms. The van der Waals surface area contributed by atoms with Gasteiger partial charge in [0.2, 0.25) is 5.91 Å². The molecule has 1 heterocycles. The van der Waals surface area contributed by atoms with Crippen LogP contribution in [0.1, 0.15) is 42.9 Å². The van der Waals surface area contributed by atoms with Crippen LogP contribution in [0.25, 0.3) is 0 Å². The van der Waals surface area contributed by atoms with Crippen LogP contribution in [0.3, 0.4) is 0 Å². The lowest BCUT2D eigenvalue weighted by Gasteiger charge is -2.33. The van der Waals surface area contributed by atoms with Crippen molar-refractivity contribution >= 4 is 29.0 Å². The maximum atomic E-state index is 14.1. The Morgan fingerprint density at radius 2 is 1.87 bits per heavy atom. The maximum Gasteiger partial charge on any atom is 0.280 e. The number of anilines is 1. The first-order valence-electron chi connectivity index (χ1n) is 9.52. The average Bonchev–Trinajstić information content (AvgIpc) is 3.25. The highest BCUT2D eigenvalue weighted by molar-refractivity contribution is 7.03. The summed E-state index contributed by atoms with van der Waals surface area (Å²) >= 11 is 1.01. The van der Waals surface area contributed by atoms with E-state index in [2.05, 4.69) is 14.9 Å². The number of halogens is 1. The van der Waals surface area contributed by atoms with Gasteiger partial charge in [0.05, 0.1) is 7.11 Å². The molecule has 0 aliphatic rings. The number of ether oxygens (including phenoxy) is 1. The second-order valence-corrected chi connectivity index (χ2v) is 8.47. The average molecular weight is 443 g/mol. The van der Waals surface area contributed by atoms with Gasteiger partial charge in [0.1, 0.15) is 17.6 Å². The van der Waals surface area contributed by atoms with Gasteiger partial charge in [-0.15, -0.1) is 5.10 Å². The molecule has 162 valence electrons. The third-order valence-corrected chi connectivity index (χ3v) is 4.83. The molecule has 0 saturated heterocycles. The SMILES string of the molecule is COc1ccc([C@H](C(=O)NC(C)(C)C)N(C(=O)c2csnn2)c2cccc(F)c2)cc1. The van der Waals surface area contributed by atoms with E-state index in [1.54, 1.807) is 30.3 Å². The summed E-state index contributed by atoms with van der Waals surface area (Å²) in [5.41, 5.74) is 0.267. The van der Waals surface area contributed by atoms with Crippen molar-refractivity contribution in [1.82, 2.24) is 14.9 Å². The first-order valence-corrected chi connectivity index (χ1v) is 10.4. The quantitative estimate of drug-likeness (QED) is 0.624. The third-order valence-electron chi connectivity index (χ3n) is 4.32. The molecular weight excluding hydrogens is 419 g/mol. The molecule has 31 heavy (non-hydrogen) atoms. The topological polar surface area (TPSA) is 84.4 Å². The van der Waals surface area contributed by atoms with Gasteiger partial charge in [-0.25, -0.2) is 4.39 Å². The highest BCUT2D eigenvalue weighted by atomic mass is 32.1. The largest absolute Gasteiger partial charge is 0.497 e. The lowest BCUT2D eigenvalue weighted by atomic mass is 10.00.